The molecule has 0 atom stereocenters. The molecule has 2 heterocycles. The molecule has 8 heteroatoms. The Morgan fingerprint density at radius 1 is 1.52 bits per heavy atom. The van der Waals surface area contributed by atoms with Crippen molar-refractivity contribution in [2.45, 2.75) is 12.8 Å². The monoisotopic (exact) mass is 312 g/mol. The molecule has 0 bridgehead atoms. The number of hydrogen-bond donors (Lipinski definition) is 0. The van der Waals surface area contributed by atoms with Gasteiger partial charge in [-0.25, -0.2) is 4.98 Å². The van der Waals surface area contributed by atoms with Crippen LogP contribution in [0.15, 0.2) is 12.3 Å². The first-order chi connectivity index (χ1) is 10.0. The molecule has 0 saturated carbocycles. The molecule has 1 saturated heterocycles. The fourth-order valence-corrected chi connectivity index (χ4v) is 2.61. The summed E-state index contributed by atoms with van der Waals surface area (Å²) >= 11 is 5.72. The molecule has 1 aliphatic rings. The molecule has 21 heavy (non-hydrogen) atoms. The van der Waals surface area contributed by atoms with Crippen molar-refractivity contribution < 1.29 is 9.72 Å². The van der Waals surface area contributed by atoms with Crippen LogP contribution < -0.4 is 0 Å². The van der Waals surface area contributed by atoms with Crippen LogP contribution in [0, 0.1) is 10.1 Å². The van der Waals surface area contributed by atoms with Gasteiger partial charge in [0, 0.05) is 26.3 Å². The molecule has 0 N–H and O–H groups in total. The molecule has 1 aliphatic heterocycles. The van der Waals surface area contributed by atoms with Gasteiger partial charge in [-0.1, -0.05) is 11.6 Å². The lowest BCUT2D eigenvalue weighted by atomic mass is 10.2. The highest BCUT2D eigenvalue weighted by atomic mass is 35.5. The summed E-state index contributed by atoms with van der Waals surface area (Å²) in [6, 6.07) is 1.33. The SMILES string of the molecule is CN(CCN1CCCC1)C(=O)c1ccnc(Cl)c1[N+](=O)[O-]. The number of likely N-dealkylation sites (tertiary alicyclic amines) is 1. The van der Waals surface area contributed by atoms with Crippen molar-refractivity contribution >= 4 is 23.2 Å². The second-order valence-electron chi connectivity index (χ2n) is 5.03. The van der Waals surface area contributed by atoms with Gasteiger partial charge in [0.25, 0.3) is 5.91 Å². The largest absolute Gasteiger partial charge is 0.340 e. The summed E-state index contributed by atoms with van der Waals surface area (Å²) in [5.41, 5.74) is -0.457. The first-order valence-corrected chi connectivity index (χ1v) is 7.15. The molecule has 1 amide bonds. The number of amides is 1. The number of hydrogen-bond acceptors (Lipinski definition) is 5. The average Bonchev–Trinajstić information content (AvgIpc) is 2.96. The number of halogens is 1. The molecule has 0 aliphatic carbocycles. The highest BCUT2D eigenvalue weighted by Crippen LogP contribution is 2.26. The standard InChI is InChI=1S/C13H17ClN4O3/c1-16(8-9-17-6-2-3-7-17)13(19)10-4-5-15-12(14)11(10)18(20)21/h4-5H,2-3,6-9H2,1H3. The van der Waals surface area contributed by atoms with E-state index in [2.05, 4.69) is 9.88 Å². The summed E-state index contributed by atoms with van der Waals surface area (Å²) < 4.78 is 0. The maximum absolute atomic E-state index is 12.3. The van der Waals surface area contributed by atoms with E-state index < -0.39 is 16.5 Å². The second-order valence-corrected chi connectivity index (χ2v) is 5.39. The number of aromatic nitrogens is 1. The Balaban J connectivity index is 2.08. The van der Waals surface area contributed by atoms with E-state index >= 15 is 0 Å². The maximum Gasteiger partial charge on any atom is 0.319 e. The van der Waals surface area contributed by atoms with E-state index in [1.54, 1.807) is 7.05 Å². The quantitative estimate of drug-likeness (QED) is 0.470. The smallest absolute Gasteiger partial charge is 0.319 e. The molecule has 114 valence electrons. The van der Waals surface area contributed by atoms with Crippen LogP contribution >= 0.6 is 11.6 Å². The third kappa shape index (κ3) is 3.68. The van der Waals surface area contributed by atoms with Crippen molar-refractivity contribution in [3.63, 3.8) is 0 Å². The number of carbonyl (C=O) groups excluding carboxylic acids is 1. The van der Waals surface area contributed by atoms with Crippen molar-refractivity contribution in [1.29, 1.82) is 0 Å². The molecular weight excluding hydrogens is 296 g/mol. The van der Waals surface area contributed by atoms with Crippen molar-refractivity contribution in [2.24, 2.45) is 0 Å². The van der Waals surface area contributed by atoms with Crippen molar-refractivity contribution in [1.82, 2.24) is 14.8 Å². The molecular formula is C13H17ClN4O3. The van der Waals surface area contributed by atoms with E-state index in [1.807, 2.05) is 0 Å². The third-order valence-electron chi connectivity index (χ3n) is 3.59. The number of nitro groups is 1. The highest BCUT2D eigenvalue weighted by molar-refractivity contribution is 6.32. The van der Waals surface area contributed by atoms with Crippen molar-refractivity contribution in [3.05, 3.63) is 33.1 Å². The summed E-state index contributed by atoms with van der Waals surface area (Å²) in [4.78, 5) is 30.1. The molecule has 0 spiro atoms. The first kappa shape index (κ1) is 15.7. The highest BCUT2D eigenvalue weighted by Gasteiger charge is 2.27. The summed E-state index contributed by atoms with van der Waals surface area (Å²) in [5.74, 6) is -0.412. The first-order valence-electron chi connectivity index (χ1n) is 6.77. The Kier molecular flexibility index (Phi) is 5.08. The van der Waals surface area contributed by atoms with Crippen LogP contribution in [0.5, 0.6) is 0 Å². The summed E-state index contributed by atoms with van der Waals surface area (Å²) in [5, 5.41) is 10.8. The minimum absolute atomic E-state index is 0.0241. The topological polar surface area (TPSA) is 79.6 Å². The molecule has 1 aromatic heterocycles. The van der Waals surface area contributed by atoms with Gasteiger partial charge in [0.15, 0.2) is 0 Å². The van der Waals surface area contributed by atoms with E-state index in [9.17, 15) is 14.9 Å². The predicted molar refractivity (Wildman–Crippen MR) is 78.5 cm³/mol. The number of likely N-dealkylation sites (N-methyl/N-ethyl adjacent to an activating group) is 1. The van der Waals surface area contributed by atoms with E-state index in [0.717, 1.165) is 19.6 Å². The Bertz CT molecular complexity index is 546. The van der Waals surface area contributed by atoms with E-state index in [1.165, 1.54) is 30.0 Å². The molecule has 1 aromatic rings. The van der Waals surface area contributed by atoms with Gasteiger partial charge in [-0.05, 0) is 32.0 Å². The van der Waals surface area contributed by atoms with Crippen LogP contribution in [0.3, 0.4) is 0 Å². The zero-order valence-electron chi connectivity index (χ0n) is 11.8. The predicted octanol–water partition coefficient (Wildman–Crippen LogP) is 1.81. The van der Waals surface area contributed by atoms with Crippen LogP contribution in [0.1, 0.15) is 23.2 Å². The Morgan fingerprint density at radius 2 is 2.19 bits per heavy atom. The zero-order chi connectivity index (χ0) is 15.4. The molecule has 0 unspecified atom stereocenters. The second kappa shape index (κ2) is 6.82. The maximum atomic E-state index is 12.3. The van der Waals surface area contributed by atoms with Crippen LogP contribution in [0.25, 0.3) is 0 Å². The Morgan fingerprint density at radius 3 is 2.81 bits per heavy atom. The van der Waals surface area contributed by atoms with Crippen molar-refractivity contribution in [3.8, 4) is 0 Å². The van der Waals surface area contributed by atoms with Gasteiger partial charge in [0.2, 0.25) is 5.15 Å². The van der Waals surface area contributed by atoms with Crippen LogP contribution in [-0.2, 0) is 0 Å². The molecule has 0 radical (unpaired) electrons. The Hall–Kier alpha value is -1.73. The summed E-state index contributed by atoms with van der Waals surface area (Å²) in [7, 11) is 1.64. The fraction of sp³-hybridized carbons (Fsp3) is 0.538. The minimum Gasteiger partial charge on any atom is -0.340 e. The average molecular weight is 313 g/mol. The van der Waals surface area contributed by atoms with E-state index in [0.29, 0.717) is 6.54 Å². The zero-order valence-corrected chi connectivity index (χ0v) is 12.5. The minimum atomic E-state index is -0.670. The molecule has 2 rings (SSSR count). The van der Waals surface area contributed by atoms with Crippen LogP contribution in [0.2, 0.25) is 5.15 Å². The van der Waals surface area contributed by atoms with Gasteiger partial charge in [-0.3, -0.25) is 14.9 Å². The van der Waals surface area contributed by atoms with E-state index in [4.69, 9.17) is 11.6 Å². The third-order valence-corrected chi connectivity index (χ3v) is 3.87. The van der Waals surface area contributed by atoms with Gasteiger partial charge >= 0.3 is 5.69 Å². The molecule has 0 aromatic carbocycles. The van der Waals surface area contributed by atoms with Crippen LogP contribution in [-0.4, -0.2) is 58.8 Å². The van der Waals surface area contributed by atoms with Gasteiger partial charge in [-0.2, -0.15) is 0 Å². The lowest BCUT2D eigenvalue weighted by Crippen LogP contribution is -2.35. The van der Waals surface area contributed by atoms with Crippen LogP contribution in [0.4, 0.5) is 5.69 Å². The van der Waals surface area contributed by atoms with Crippen molar-refractivity contribution in [2.75, 3.05) is 33.2 Å². The number of nitrogens with zero attached hydrogens (tertiary/aromatic N) is 4. The number of pyridine rings is 1. The van der Waals surface area contributed by atoms with Gasteiger partial charge in [0.1, 0.15) is 5.56 Å². The number of carbonyl (C=O) groups is 1. The lowest BCUT2D eigenvalue weighted by Gasteiger charge is -2.21. The van der Waals surface area contributed by atoms with E-state index in [-0.39, 0.29) is 10.7 Å². The van der Waals surface area contributed by atoms with Gasteiger partial charge in [-0.15, -0.1) is 0 Å². The summed E-state index contributed by atoms with van der Waals surface area (Å²) in [6.07, 6.45) is 3.67. The normalized spacial score (nSPS) is 15.1. The van der Waals surface area contributed by atoms with Gasteiger partial charge in [0.05, 0.1) is 4.92 Å². The Labute approximate surface area is 127 Å². The molecule has 1 fully saturated rings. The summed E-state index contributed by atoms with van der Waals surface area (Å²) in [6.45, 7) is 3.39. The fourth-order valence-electron chi connectivity index (χ4n) is 2.38. The lowest BCUT2D eigenvalue weighted by molar-refractivity contribution is -0.385. The van der Waals surface area contributed by atoms with Gasteiger partial charge < -0.3 is 9.80 Å². The number of rotatable bonds is 5. The molecule has 7 nitrogen and oxygen atoms in total.